The van der Waals surface area contributed by atoms with Crippen LogP contribution in [0.3, 0.4) is 0 Å². The molecule has 7 heteroatoms. The van der Waals surface area contributed by atoms with E-state index in [1.807, 2.05) is 6.07 Å². The van der Waals surface area contributed by atoms with Gasteiger partial charge in [0.1, 0.15) is 6.10 Å². The second-order valence-corrected chi connectivity index (χ2v) is 6.39. The summed E-state index contributed by atoms with van der Waals surface area (Å²) in [4.78, 5) is 22.7. The number of carbonyl (C=O) groups excluding carboxylic acids is 1. The lowest BCUT2D eigenvalue weighted by atomic mass is 9.91. The number of aromatic nitrogens is 2. The fourth-order valence-electron chi connectivity index (χ4n) is 3.52. The summed E-state index contributed by atoms with van der Waals surface area (Å²) in [7, 11) is 0. The van der Waals surface area contributed by atoms with Crippen LogP contribution in [0.1, 0.15) is 18.4 Å². The number of anilines is 1. The second-order valence-electron chi connectivity index (χ2n) is 6.39. The molecule has 1 N–H and O–H groups in total. The molecule has 0 radical (unpaired) electrons. The normalized spacial score (nSPS) is 26.9. The summed E-state index contributed by atoms with van der Waals surface area (Å²) in [6, 6.07) is 1.98. The van der Waals surface area contributed by atoms with Crippen molar-refractivity contribution in [3.8, 4) is 0 Å². The SMILES string of the molecule is O=C(Nc1cnccn1)[C@@H]1C[C@@H]2CCN(Cc3ccoc3)C[C@H]2O1. The molecule has 0 unspecified atom stereocenters. The number of rotatable bonds is 4. The first-order chi connectivity index (χ1) is 11.8. The maximum Gasteiger partial charge on any atom is 0.254 e. The summed E-state index contributed by atoms with van der Waals surface area (Å²) in [6.07, 6.45) is 9.67. The van der Waals surface area contributed by atoms with Gasteiger partial charge in [-0.25, -0.2) is 4.98 Å². The van der Waals surface area contributed by atoms with Crippen molar-refractivity contribution >= 4 is 11.7 Å². The summed E-state index contributed by atoms with van der Waals surface area (Å²) >= 11 is 0. The largest absolute Gasteiger partial charge is 0.472 e. The van der Waals surface area contributed by atoms with Crippen molar-refractivity contribution in [3.05, 3.63) is 42.7 Å². The van der Waals surface area contributed by atoms with E-state index in [4.69, 9.17) is 9.15 Å². The second kappa shape index (κ2) is 6.70. The zero-order valence-electron chi connectivity index (χ0n) is 13.3. The molecule has 1 amide bonds. The quantitative estimate of drug-likeness (QED) is 0.920. The van der Waals surface area contributed by atoms with Crippen LogP contribution in [0, 0.1) is 5.92 Å². The first-order valence-corrected chi connectivity index (χ1v) is 8.24. The average Bonchev–Trinajstić information content (AvgIpc) is 3.25. The number of piperidine rings is 1. The Morgan fingerprint density at radius 2 is 2.38 bits per heavy atom. The molecule has 2 aliphatic rings. The first kappa shape index (κ1) is 15.3. The molecule has 126 valence electrons. The number of nitrogens with one attached hydrogen (secondary N) is 1. The third kappa shape index (κ3) is 3.32. The molecule has 2 aliphatic heterocycles. The lowest BCUT2D eigenvalue weighted by Gasteiger charge is -2.33. The highest BCUT2D eigenvalue weighted by Gasteiger charge is 2.41. The number of likely N-dealkylation sites (tertiary alicyclic amines) is 1. The molecule has 0 bridgehead atoms. The Morgan fingerprint density at radius 3 is 3.17 bits per heavy atom. The van der Waals surface area contributed by atoms with E-state index in [1.54, 1.807) is 24.9 Å². The van der Waals surface area contributed by atoms with Gasteiger partial charge in [-0.3, -0.25) is 14.7 Å². The standard InChI is InChI=1S/C17H20N4O3/c22-17(20-16-8-18-3-4-19-16)14-7-13-1-5-21(10-15(13)24-14)9-12-2-6-23-11-12/h2-4,6,8,11,13-15H,1,5,7,9-10H2,(H,19,20,22)/t13-,14-,15+/m0/s1. The van der Waals surface area contributed by atoms with E-state index >= 15 is 0 Å². The number of amides is 1. The van der Waals surface area contributed by atoms with Crippen LogP contribution in [0.15, 0.2) is 41.6 Å². The zero-order chi connectivity index (χ0) is 16.4. The van der Waals surface area contributed by atoms with E-state index in [0.717, 1.165) is 32.5 Å². The Hall–Kier alpha value is -2.25. The van der Waals surface area contributed by atoms with Crippen LogP contribution >= 0.6 is 0 Å². The molecule has 2 saturated heterocycles. The van der Waals surface area contributed by atoms with Gasteiger partial charge in [0.2, 0.25) is 0 Å². The third-order valence-corrected chi connectivity index (χ3v) is 4.73. The van der Waals surface area contributed by atoms with Gasteiger partial charge in [0.25, 0.3) is 5.91 Å². The molecule has 4 heterocycles. The first-order valence-electron chi connectivity index (χ1n) is 8.24. The Bertz CT molecular complexity index is 676. The lowest BCUT2D eigenvalue weighted by molar-refractivity contribution is -0.127. The van der Waals surface area contributed by atoms with Crippen LogP contribution in [0.25, 0.3) is 0 Å². The van der Waals surface area contributed by atoms with E-state index in [2.05, 4.69) is 20.2 Å². The van der Waals surface area contributed by atoms with Crippen LogP contribution in [0.5, 0.6) is 0 Å². The number of carbonyl (C=O) groups is 1. The monoisotopic (exact) mass is 328 g/mol. The van der Waals surface area contributed by atoms with E-state index in [1.165, 1.54) is 11.8 Å². The van der Waals surface area contributed by atoms with Crippen molar-refractivity contribution in [1.29, 1.82) is 0 Å². The van der Waals surface area contributed by atoms with Gasteiger partial charge in [0, 0.05) is 31.0 Å². The van der Waals surface area contributed by atoms with Crippen molar-refractivity contribution in [2.75, 3.05) is 18.4 Å². The van der Waals surface area contributed by atoms with Gasteiger partial charge in [-0.05, 0) is 31.4 Å². The highest BCUT2D eigenvalue weighted by molar-refractivity contribution is 5.93. The number of hydrogen-bond donors (Lipinski definition) is 1. The number of ether oxygens (including phenoxy) is 1. The number of hydrogen-bond acceptors (Lipinski definition) is 6. The van der Waals surface area contributed by atoms with Crippen molar-refractivity contribution in [2.24, 2.45) is 5.92 Å². The number of fused-ring (bicyclic) bond motifs is 1. The molecule has 0 aliphatic carbocycles. The Labute approximate surface area is 140 Å². The minimum atomic E-state index is -0.407. The van der Waals surface area contributed by atoms with Gasteiger partial charge in [0.05, 0.1) is 24.8 Å². The molecule has 0 aromatic carbocycles. The van der Waals surface area contributed by atoms with E-state index < -0.39 is 6.10 Å². The Kier molecular flexibility index (Phi) is 4.27. The van der Waals surface area contributed by atoms with E-state index in [9.17, 15) is 4.79 Å². The molecular weight excluding hydrogens is 308 g/mol. The van der Waals surface area contributed by atoms with Crippen LogP contribution in [0.4, 0.5) is 5.82 Å². The molecule has 0 saturated carbocycles. The predicted molar refractivity (Wildman–Crippen MR) is 86.0 cm³/mol. The molecule has 7 nitrogen and oxygen atoms in total. The lowest BCUT2D eigenvalue weighted by Crippen LogP contribution is -2.41. The fourth-order valence-corrected chi connectivity index (χ4v) is 3.52. The molecule has 24 heavy (non-hydrogen) atoms. The minimum Gasteiger partial charge on any atom is -0.472 e. The van der Waals surface area contributed by atoms with Gasteiger partial charge in [-0.1, -0.05) is 0 Å². The van der Waals surface area contributed by atoms with Crippen LogP contribution in [0.2, 0.25) is 0 Å². The van der Waals surface area contributed by atoms with Crippen LogP contribution in [-0.2, 0) is 16.1 Å². The predicted octanol–water partition coefficient (Wildman–Crippen LogP) is 1.69. The van der Waals surface area contributed by atoms with Crippen molar-refractivity contribution in [2.45, 2.75) is 31.6 Å². The maximum atomic E-state index is 12.4. The third-order valence-electron chi connectivity index (χ3n) is 4.73. The van der Waals surface area contributed by atoms with Crippen LogP contribution in [-0.4, -0.2) is 46.1 Å². The molecule has 2 aromatic rings. The summed E-state index contributed by atoms with van der Waals surface area (Å²) in [6.45, 7) is 2.73. The van der Waals surface area contributed by atoms with Gasteiger partial charge in [-0.2, -0.15) is 0 Å². The van der Waals surface area contributed by atoms with Crippen molar-refractivity contribution in [3.63, 3.8) is 0 Å². The Balaban J connectivity index is 1.33. The number of furan rings is 1. The topological polar surface area (TPSA) is 80.5 Å². The van der Waals surface area contributed by atoms with Gasteiger partial charge in [-0.15, -0.1) is 0 Å². The highest BCUT2D eigenvalue weighted by Crippen LogP contribution is 2.34. The summed E-state index contributed by atoms with van der Waals surface area (Å²) in [5, 5.41) is 2.78. The summed E-state index contributed by atoms with van der Waals surface area (Å²) in [5.41, 5.74) is 1.17. The highest BCUT2D eigenvalue weighted by atomic mass is 16.5. The zero-order valence-corrected chi connectivity index (χ0v) is 13.3. The van der Waals surface area contributed by atoms with Gasteiger partial charge >= 0.3 is 0 Å². The summed E-state index contributed by atoms with van der Waals surface area (Å²) in [5.74, 6) is 0.775. The van der Waals surface area contributed by atoms with Crippen molar-refractivity contribution < 1.29 is 13.9 Å². The van der Waals surface area contributed by atoms with Gasteiger partial charge in [0.15, 0.2) is 5.82 Å². The van der Waals surface area contributed by atoms with Crippen molar-refractivity contribution in [1.82, 2.24) is 14.9 Å². The molecular formula is C17H20N4O3. The van der Waals surface area contributed by atoms with Gasteiger partial charge < -0.3 is 14.5 Å². The Morgan fingerprint density at radius 1 is 1.42 bits per heavy atom. The van der Waals surface area contributed by atoms with E-state index in [-0.39, 0.29) is 12.0 Å². The molecule has 2 fully saturated rings. The molecule has 3 atom stereocenters. The summed E-state index contributed by atoms with van der Waals surface area (Å²) < 4.78 is 11.1. The maximum absolute atomic E-state index is 12.4. The van der Waals surface area contributed by atoms with Crippen LogP contribution < -0.4 is 5.32 Å². The van der Waals surface area contributed by atoms with E-state index in [0.29, 0.717) is 11.7 Å². The number of nitrogens with zero attached hydrogens (tertiary/aromatic N) is 3. The average molecular weight is 328 g/mol. The molecule has 4 rings (SSSR count). The fraction of sp³-hybridized carbons (Fsp3) is 0.471. The smallest absolute Gasteiger partial charge is 0.254 e. The molecule has 2 aromatic heterocycles. The minimum absolute atomic E-state index is 0.114. The molecule has 0 spiro atoms.